The van der Waals surface area contributed by atoms with Crippen LogP contribution in [0.2, 0.25) is 0 Å². The van der Waals surface area contributed by atoms with E-state index in [4.69, 9.17) is 5.11 Å². The molecule has 226 valence electrons. The maximum Gasteiger partial charge on any atom is 0.225 e. The summed E-state index contributed by atoms with van der Waals surface area (Å²) in [6, 6.07) is 7.46. The number of nitrogens with zero attached hydrogens (tertiary/aromatic N) is 1. The standard InChI is InChI=1S/C29H32F4N4O4S/c30-20-3-1-18(2-4-20)26(19-11-21(31)13-22(32)12-19)14-29(39)36-28-17-35-16-27(33)25(28)8-5-23(15-34-9-10-38)37-42(40,41)24-6-7-24/h1-4,11-13,16-17,23-24,26,34,37-38H,5-10,14-15H2,(H,36,39). The summed E-state index contributed by atoms with van der Waals surface area (Å²) in [6.45, 7) is 0.305. The van der Waals surface area contributed by atoms with Crippen molar-refractivity contribution >= 4 is 21.6 Å². The molecule has 1 fully saturated rings. The van der Waals surface area contributed by atoms with Crippen LogP contribution in [0.1, 0.15) is 48.3 Å². The van der Waals surface area contributed by atoms with Gasteiger partial charge in [-0.2, -0.15) is 0 Å². The van der Waals surface area contributed by atoms with Gasteiger partial charge in [-0.15, -0.1) is 0 Å². The number of rotatable bonds is 15. The van der Waals surface area contributed by atoms with E-state index in [1.54, 1.807) is 0 Å². The molecule has 0 radical (unpaired) electrons. The number of carbonyl (C=O) groups is 1. The van der Waals surface area contributed by atoms with Gasteiger partial charge in [0.1, 0.15) is 23.3 Å². The van der Waals surface area contributed by atoms with Gasteiger partial charge in [0.15, 0.2) is 0 Å². The minimum atomic E-state index is -3.55. The molecular weight excluding hydrogens is 576 g/mol. The molecule has 0 spiro atoms. The number of hydrogen-bond acceptors (Lipinski definition) is 6. The van der Waals surface area contributed by atoms with Crippen molar-refractivity contribution in [2.45, 2.75) is 49.3 Å². The zero-order valence-corrected chi connectivity index (χ0v) is 23.4. The highest BCUT2D eigenvalue weighted by Gasteiger charge is 2.37. The third-order valence-electron chi connectivity index (χ3n) is 6.94. The number of anilines is 1. The van der Waals surface area contributed by atoms with E-state index in [1.807, 2.05) is 0 Å². The van der Waals surface area contributed by atoms with Gasteiger partial charge in [-0.3, -0.25) is 9.78 Å². The third-order valence-corrected chi connectivity index (χ3v) is 8.96. The smallest absolute Gasteiger partial charge is 0.225 e. The Hall–Kier alpha value is -3.39. The first kappa shape index (κ1) is 31.5. The van der Waals surface area contributed by atoms with Crippen molar-refractivity contribution in [1.29, 1.82) is 0 Å². The van der Waals surface area contributed by atoms with E-state index in [0.717, 1.165) is 18.3 Å². The van der Waals surface area contributed by atoms with Gasteiger partial charge in [0, 0.05) is 43.1 Å². The number of hydrogen-bond donors (Lipinski definition) is 4. The van der Waals surface area contributed by atoms with E-state index in [2.05, 4.69) is 20.3 Å². The molecule has 1 aromatic heterocycles. The lowest BCUT2D eigenvalue weighted by Gasteiger charge is -2.21. The summed E-state index contributed by atoms with van der Waals surface area (Å²) in [5.41, 5.74) is 0.769. The molecule has 1 heterocycles. The van der Waals surface area contributed by atoms with Crippen LogP contribution in [-0.4, -0.2) is 55.4 Å². The zero-order valence-electron chi connectivity index (χ0n) is 22.6. The van der Waals surface area contributed by atoms with Crippen LogP contribution in [0, 0.1) is 23.3 Å². The number of amides is 1. The summed E-state index contributed by atoms with van der Waals surface area (Å²) in [6.07, 6.45) is 3.30. The van der Waals surface area contributed by atoms with Gasteiger partial charge in [0.2, 0.25) is 15.9 Å². The van der Waals surface area contributed by atoms with Gasteiger partial charge in [0.05, 0.1) is 29.9 Å². The van der Waals surface area contributed by atoms with Gasteiger partial charge in [-0.25, -0.2) is 30.7 Å². The second-order valence-electron chi connectivity index (χ2n) is 10.2. The summed E-state index contributed by atoms with van der Waals surface area (Å²) < 4.78 is 84.3. The van der Waals surface area contributed by atoms with E-state index >= 15 is 0 Å². The molecule has 4 N–H and O–H groups in total. The summed E-state index contributed by atoms with van der Waals surface area (Å²) in [4.78, 5) is 17.0. The topological polar surface area (TPSA) is 120 Å². The molecule has 0 aliphatic heterocycles. The fraction of sp³-hybridized carbons (Fsp3) is 0.379. The summed E-state index contributed by atoms with van der Waals surface area (Å²) in [5, 5.41) is 14.2. The molecule has 8 nitrogen and oxygen atoms in total. The van der Waals surface area contributed by atoms with Crippen LogP contribution < -0.4 is 15.4 Å². The van der Waals surface area contributed by atoms with Gasteiger partial charge >= 0.3 is 0 Å². The molecule has 1 amide bonds. The Morgan fingerprint density at radius 3 is 2.31 bits per heavy atom. The number of halogens is 4. The normalized spacial score (nSPS) is 14.9. The SMILES string of the molecule is O=C(CC(c1ccc(F)cc1)c1cc(F)cc(F)c1)Nc1cncc(F)c1CCC(CNCCO)NS(=O)(=O)C1CC1. The van der Waals surface area contributed by atoms with E-state index in [-0.39, 0.29) is 55.8 Å². The highest BCUT2D eigenvalue weighted by Crippen LogP contribution is 2.31. The van der Waals surface area contributed by atoms with Crippen LogP contribution in [0.15, 0.2) is 54.9 Å². The minimum Gasteiger partial charge on any atom is -0.395 e. The first-order valence-corrected chi connectivity index (χ1v) is 15.1. The number of benzene rings is 2. The van der Waals surface area contributed by atoms with Crippen LogP contribution in [-0.2, 0) is 21.2 Å². The van der Waals surface area contributed by atoms with Crippen molar-refractivity contribution in [3.8, 4) is 0 Å². The summed E-state index contributed by atoms with van der Waals surface area (Å²) in [7, 11) is -3.55. The van der Waals surface area contributed by atoms with E-state index in [0.29, 0.717) is 24.5 Å². The maximum atomic E-state index is 14.9. The van der Waals surface area contributed by atoms with Crippen molar-refractivity contribution in [1.82, 2.24) is 15.0 Å². The second kappa shape index (κ2) is 14.2. The average molecular weight is 609 g/mol. The number of sulfonamides is 1. The highest BCUT2D eigenvalue weighted by molar-refractivity contribution is 7.90. The number of aromatic nitrogens is 1. The number of carbonyl (C=O) groups excluding carboxylic acids is 1. The van der Waals surface area contributed by atoms with Gasteiger partial charge < -0.3 is 15.7 Å². The Bertz CT molecular complexity index is 1470. The zero-order chi connectivity index (χ0) is 30.3. The Labute approximate surface area is 241 Å². The molecule has 42 heavy (non-hydrogen) atoms. The third kappa shape index (κ3) is 8.81. The van der Waals surface area contributed by atoms with Gasteiger partial charge in [0.25, 0.3) is 0 Å². The molecule has 4 rings (SSSR count). The Balaban J connectivity index is 1.51. The van der Waals surface area contributed by atoms with E-state index in [9.17, 15) is 30.8 Å². The molecule has 0 bridgehead atoms. The van der Waals surface area contributed by atoms with Crippen LogP contribution in [0.25, 0.3) is 0 Å². The molecule has 2 aromatic carbocycles. The second-order valence-corrected chi connectivity index (χ2v) is 12.2. The Morgan fingerprint density at radius 1 is 0.976 bits per heavy atom. The Kier molecular flexibility index (Phi) is 10.7. The average Bonchev–Trinajstić information content (AvgIpc) is 3.78. The largest absolute Gasteiger partial charge is 0.395 e. The van der Waals surface area contributed by atoms with Crippen molar-refractivity contribution in [3.63, 3.8) is 0 Å². The fourth-order valence-electron chi connectivity index (χ4n) is 4.69. The number of aliphatic hydroxyl groups is 1. The van der Waals surface area contributed by atoms with Gasteiger partial charge in [-0.1, -0.05) is 12.1 Å². The van der Waals surface area contributed by atoms with E-state index in [1.165, 1.54) is 30.5 Å². The number of nitrogens with one attached hydrogen (secondary N) is 3. The van der Waals surface area contributed by atoms with E-state index < -0.39 is 56.4 Å². The Morgan fingerprint density at radius 2 is 1.67 bits per heavy atom. The molecule has 1 aliphatic rings. The van der Waals surface area contributed by atoms with Crippen molar-refractivity contribution in [3.05, 3.63) is 94.8 Å². The molecule has 1 saturated carbocycles. The summed E-state index contributed by atoms with van der Waals surface area (Å²) >= 11 is 0. The van der Waals surface area contributed by atoms with Crippen LogP contribution in [0.4, 0.5) is 23.2 Å². The molecule has 3 aromatic rings. The quantitative estimate of drug-likeness (QED) is 0.154. The molecular formula is C29H32F4N4O4S. The highest BCUT2D eigenvalue weighted by atomic mass is 32.2. The summed E-state index contributed by atoms with van der Waals surface area (Å²) in [5.74, 6) is -4.36. The molecule has 13 heteroatoms. The fourth-order valence-corrected chi connectivity index (χ4v) is 6.31. The predicted octanol–water partition coefficient (Wildman–Crippen LogP) is 3.76. The molecule has 0 saturated heterocycles. The first-order chi connectivity index (χ1) is 20.1. The minimum absolute atomic E-state index is 0.0408. The monoisotopic (exact) mass is 608 g/mol. The van der Waals surface area contributed by atoms with Crippen molar-refractivity contribution in [2.75, 3.05) is 25.0 Å². The van der Waals surface area contributed by atoms with Crippen molar-refractivity contribution < 1.29 is 35.9 Å². The van der Waals surface area contributed by atoms with Crippen LogP contribution in [0.5, 0.6) is 0 Å². The van der Waals surface area contributed by atoms with Gasteiger partial charge in [-0.05, 0) is 61.1 Å². The van der Waals surface area contributed by atoms with Crippen LogP contribution >= 0.6 is 0 Å². The maximum absolute atomic E-state index is 14.9. The molecule has 1 aliphatic carbocycles. The predicted molar refractivity (Wildman–Crippen MR) is 149 cm³/mol. The first-order valence-electron chi connectivity index (χ1n) is 13.5. The number of pyridine rings is 1. The lowest BCUT2D eigenvalue weighted by Crippen LogP contribution is -2.44. The van der Waals surface area contributed by atoms with Crippen LogP contribution in [0.3, 0.4) is 0 Å². The molecule has 2 unspecified atom stereocenters. The molecule has 2 atom stereocenters. The van der Waals surface area contributed by atoms with Crippen molar-refractivity contribution in [2.24, 2.45) is 0 Å². The lowest BCUT2D eigenvalue weighted by atomic mass is 9.88. The number of aliphatic hydroxyl groups excluding tert-OH is 1. The lowest BCUT2D eigenvalue weighted by molar-refractivity contribution is -0.116.